The van der Waals surface area contributed by atoms with Crippen LogP contribution in [-0.4, -0.2) is 11.4 Å². The molecule has 0 radical (unpaired) electrons. The molecule has 1 aromatic rings. The van der Waals surface area contributed by atoms with Crippen molar-refractivity contribution >= 4 is 34.2 Å². The van der Waals surface area contributed by atoms with Crippen molar-refractivity contribution in [2.45, 2.75) is 33.2 Å². The second-order valence-corrected chi connectivity index (χ2v) is 6.72. The largest absolute Gasteiger partial charge is 0.360 e. The van der Waals surface area contributed by atoms with Crippen LogP contribution in [0, 0.1) is 21.8 Å². The molecular formula is C15H18IN3O. The minimum Gasteiger partial charge on any atom is -0.360 e. The first kappa shape index (κ1) is 16.5. The van der Waals surface area contributed by atoms with Crippen LogP contribution in [-0.2, 0) is 4.79 Å². The zero-order valence-corrected chi connectivity index (χ0v) is 14.2. The smallest absolute Gasteiger partial charge is 0.263 e. The van der Waals surface area contributed by atoms with Crippen LogP contribution in [0.3, 0.4) is 0 Å². The molecule has 4 nitrogen and oxygen atoms in total. The summed E-state index contributed by atoms with van der Waals surface area (Å²) in [4.78, 5) is 11.9. The van der Waals surface area contributed by atoms with Gasteiger partial charge in [-0.1, -0.05) is 0 Å². The van der Waals surface area contributed by atoms with E-state index < -0.39 is 0 Å². The first-order valence-corrected chi connectivity index (χ1v) is 7.26. The van der Waals surface area contributed by atoms with Gasteiger partial charge in [0.25, 0.3) is 5.91 Å². The topological polar surface area (TPSA) is 64.9 Å². The predicted molar refractivity (Wildman–Crippen MR) is 89.1 cm³/mol. The Kier molecular flexibility index (Phi) is 5.57. The molecule has 106 valence electrons. The lowest BCUT2D eigenvalue weighted by Gasteiger charge is -2.20. The zero-order chi connectivity index (χ0) is 15.3. The molecule has 1 amide bonds. The molecule has 2 N–H and O–H groups in total. The highest BCUT2D eigenvalue weighted by molar-refractivity contribution is 14.1. The molecule has 0 aromatic heterocycles. The number of hydrogen-bond donors (Lipinski definition) is 2. The minimum atomic E-state index is -0.379. The first-order valence-electron chi connectivity index (χ1n) is 6.18. The van der Waals surface area contributed by atoms with Gasteiger partial charge < -0.3 is 10.6 Å². The molecule has 1 rings (SSSR count). The maximum Gasteiger partial charge on any atom is 0.263 e. The molecular weight excluding hydrogens is 365 g/mol. The van der Waals surface area contributed by atoms with E-state index in [-0.39, 0.29) is 17.0 Å². The SMILES string of the molecule is Cc1cc(I)ccc1N/C=C(/C#N)C(=O)NC(C)(C)C. The summed E-state index contributed by atoms with van der Waals surface area (Å²) in [6, 6.07) is 7.82. The summed E-state index contributed by atoms with van der Waals surface area (Å²) in [5, 5.41) is 14.8. The number of carbonyl (C=O) groups is 1. The fourth-order valence-corrected chi connectivity index (χ4v) is 2.14. The van der Waals surface area contributed by atoms with E-state index in [1.54, 1.807) is 0 Å². The van der Waals surface area contributed by atoms with Gasteiger partial charge in [-0.05, 0) is 74.0 Å². The Bertz CT molecular complexity index is 580. The quantitative estimate of drug-likeness (QED) is 0.478. The number of halogens is 1. The molecule has 0 aliphatic heterocycles. The van der Waals surface area contributed by atoms with Crippen molar-refractivity contribution in [3.8, 4) is 6.07 Å². The number of rotatable bonds is 3. The van der Waals surface area contributed by atoms with E-state index in [1.807, 2.05) is 52.0 Å². The summed E-state index contributed by atoms with van der Waals surface area (Å²) < 4.78 is 1.14. The Hall–Kier alpha value is -1.55. The number of nitrogens with one attached hydrogen (secondary N) is 2. The summed E-state index contributed by atoms with van der Waals surface area (Å²) >= 11 is 2.24. The van der Waals surface area contributed by atoms with Gasteiger partial charge in [0.15, 0.2) is 0 Å². The van der Waals surface area contributed by atoms with Crippen molar-refractivity contribution in [2.24, 2.45) is 0 Å². The third kappa shape index (κ3) is 5.21. The highest BCUT2D eigenvalue weighted by Gasteiger charge is 2.17. The van der Waals surface area contributed by atoms with Gasteiger partial charge in [0, 0.05) is 21.0 Å². The molecule has 0 saturated carbocycles. The first-order chi connectivity index (χ1) is 9.23. The second-order valence-electron chi connectivity index (χ2n) is 5.48. The van der Waals surface area contributed by atoms with Crippen LogP contribution in [0.15, 0.2) is 30.0 Å². The summed E-state index contributed by atoms with van der Waals surface area (Å²) in [6.07, 6.45) is 1.44. The lowest BCUT2D eigenvalue weighted by Crippen LogP contribution is -2.41. The molecule has 20 heavy (non-hydrogen) atoms. The van der Waals surface area contributed by atoms with Gasteiger partial charge in [0.2, 0.25) is 0 Å². The van der Waals surface area contributed by atoms with E-state index in [1.165, 1.54) is 6.20 Å². The van der Waals surface area contributed by atoms with Crippen molar-refractivity contribution in [1.82, 2.24) is 5.32 Å². The van der Waals surface area contributed by atoms with Gasteiger partial charge in [-0.2, -0.15) is 5.26 Å². The monoisotopic (exact) mass is 383 g/mol. The highest BCUT2D eigenvalue weighted by atomic mass is 127. The van der Waals surface area contributed by atoms with Crippen molar-refractivity contribution < 1.29 is 4.79 Å². The fourth-order valence-electron chi connectivity index (χ4n) is 1.50. The lowest BCUT2D eigenvalue weighted by atomic mass is 10.1. The number of benzene rings is 1. The van der Waals surface area contributed by atoms with Crippen LogP contribution < -0.4 is 10.6 Å². The van der Waals surface area contributed by atoms with Gasteiger partial charge >= 0.3 is 0 Å². The minimum absolute atomic E-state index is 0.0536. The van der Waals surface area contributed by atoms with E-state index >= 15 is 0 Å². The van der Waals surface area contributed by atoms with E-state index in [4.69, 9.17) is 5.26 Å². The number of nitriles is 1. The number of nitrogens with zero attached hydrogens (tertiary/aromatic N) is 1. The molecule has 5 heteroatoms. The number of anilines is 1. The highest BCUT2D eigenvalue weighted by Crippen LogP contribution is 2.18. The second kappa shape index (κ2) is 6.75. The van der Waals surface area contributed by atoms with E-state index in [0.29, 0.717) is 0 Å². The van der Waals surface area contributed by atoms with Gasteiger partial charge in [0.1, 0.15) is 11.6 Å². The summed E-state index contributed by atoms with van der Waals surface area (Å²) in [7, 11) is 0. The Morgan fingerprint density at radius 3 is 2.55 bits per heavy atom. The van der Waals surface area contributed by atoms with Crippen LogP contribution in [0.5, 0.6) is 0 Å². The van der Waals surface area contributed by atoms with Crippen LogP contribution in [0.1, 0.15) is 26.3 Å². The number of amides is 1. The molecule has 0 spiro atoms. The van der Waals surface area contributed by atoms with E-state index in [0.717, 1.165) is 14.8 Å². The van der Waals surface area contributed by atoms with Crippen molar-refractivity contribution in [1.29, 1.82) is 5.26 Å². The van der Waals surface area contributed by atoms with Crippen molar-refractivity contribution in [3.63, 3.8) is 0 Å². The molecule has 0 aliphatic carbocycles. The number of carbonyl (C=O) groups excluding carboxylic acids is 1. The maximum atomic E-state index is 11.9. The zero-order valence-electron chi connectivity index (χ0n) is 12.0. The fraction of sp³-hybridized carbons (Fsp3) is 0.333. The van der Waals surface area contributed by atoms with E-state index in [9.17, 15) is 4.79 Å². The molecule has 1 aromatic carbocycles. The standard InChI is InChI=1S/C15H18IN3O/c1-10-7-12(16)5-6-13(10)18-9-11(8-17)14(20)19-15(2,3)4/h5-7,9,18H,1-4H3,(H,19,20)/b11-9-. The normalized spacial score (nSPS) is 11.7. The summed E-state index contributed by atoms with van der Waals surface area (Å²) in [5.41, 5.74) is 1.62. The Balaban J connectivity index is 2.86. The molecule has 0 aliphatic rings. The Morgan fingerprint density at radius 2 is 2.05 bits per heavy atom. The van der Waals surface area contributed by atoms with Crippen LogP contribution in [0.4, 0.5) is 5.69 Å². The van der Waals surface area contributed by atoms with E-state index in [2.05, 4.69) is 33.2 Å². The van der Waals surface area contributed by atoms with Gasteiger partial charge in [-0.15, -0.1) is 0 Å². The average Bonchev–Trinajstić information content (AvgIpc) is 2.30. The molecule has 0 unspecified atom stereocenters. The van der Waals surface area contributed by atoms with Crippen molar-refractivity contribution in [3.05, 3.63) is 39.1 Å². The molecule has 0 heterocycles. The molecule has 0 fully saturated rings. The molecule has 0 atom stereocenters. The van der Waals surface area contributed by atoms with Crippen LogP contribution in [0.2, 0.25) is 0 Å². The molecule has 0 bridgehead atoms. The Morgan fingerprint density at radius 1 is 1.40 bits per heavy atom. The molecule has 0 saturated heterocycles. The van der Waals surface area contributed by atoms with Crippen LogP contribution in [0.25, 0.3) is 0 Å². The average molecular weight is 383 g/mol. The van der Waals surface area contributed by atoms with Crippen LogP contribution >= 0.6 is 22.6 Å². The third-order valence-electron chi connectivity index (χ3n) is 2.41. The van der Waals surface area contributed by atoms with Crippen molar-refractivity contribution in [2.75, 3.05) is 5.32 Å². The number of hydrogen-bond acceptors (Lipinski definition) is 3. The maximum absolute atomic E-state index is 11.9. The Labute approximate surface area is 133 Å². The summed E-state index contributed by atoms with van der Waals surface area (Å²) in [5.74, 6) is -0.379. The summed E-state index contributed by atoms with van der Waals surface area (Å²) in [6.45, 7) is 7.59. The predicted octanol–water partition coefficient (Wildman–Crippen LogP) is 3.33. The number of aryl methyl sites for hydroxylation is 1. The van der Waals surface area contributed by atoms with Gasteiger partial charge in [0.05, 0.1) is 0 Å². The van der Waals surface area contributed by atoms with Gasteiger partial charge in [-0.3, -0.25) is 4.79 Å². The van der Waals surface area contributed by atoms with Gasteiger partial charge in [-0.25, -0.2) is 0 Å². The third-order valence-corrected chi connectivity index (χ3v) is 3.09. The lowest BCUT2D eigenvalue weighted by molar-refractivity contribution is -0.118.